The molecular weight excluding hydrogens is 230 g/mol. The molecule has 0 radical (unpaired) electrons. The molecule has 0 aliphatic rings. The number of amides is 1. The van der Waals surface area contributed by atoms with E-state index in [2.05, 4.69) is 25.6 Å². The molecule has 6 nitrogen and oxygen atoms in total. The summed E-state index contributed by atoms with van der Waals surface area (Å²) in [6, 6.07) is 3.34. The minimum Gasteiger partial charge on any atom is -0.383 e. The lowest BCUT2D eigenvalue weighted by atomic mass is 10.2. The van der Waals surface area contributed by atoms with Crippen LogP contribution in [0.25, 0.3) is 0 Å². The van der Waals surface area contributed by atoms with Crippen LogP contribution in [0.5, 0.6) is 0 Å². The topological polar surface area (TPSA) is 79.8 Å². The summed E-state index contributed by atoms with van der Waals surface area (Å²) >= 11 is 0. The van der Waals surface area contributed by atoms with E-state index in [1.807, 2.05) is 6.92 Å². The average molecular weight is 243 g/mol. The molecule has 18 heavy (non-hydrogen) atoms. The number of hydrogen-bond acceptors (Lipinski definition) is 5. The highest BCUT2D eigenvalue weighted by Crippen LogP contribution is 2.14. The second-order valence-corrected chi connectivity index (χ2v) is 3.48. The highest BCUT2D eigenvalue weighted by Gasteiger charge is 2.11. The first-order valence-electron chi connectivity index (χ1n) is 5.57. The number of carbonyl (C=O) groups excluding carboxylic acids is 1. The monoisotopic (exact) mass is 243 g/mol. The standard InChI is InChI=1S/C12H13N5O/c1-2-14-10-8-13-7-4-9(10)11(18)17-12-15-5-3-6-16-12/h3-8,14H,2H2,1H3,(H,15,16,17,18). The van der Waals surface area contributed by atoms with E-state index < -0.39 is 0 Å². The van der Waals surface area contributed by atoms with Gasteiger partial charge in [-0.1, -0.05) is 0 Å². The molecule has 0 aliphatic carbocycles. The maximum atomic E-state index is 12.1. The van der Waals surface area contributed by atoms with Crippen molar-refractivity contribution in [2.24, 2.45) is 0 Å². The fourth-order valence-electron chi connectivity index (χ4n) is 1.46. The van der Waals surface area contributed by atoms with Crippen LogP contribution in [0.15, 0.2) is 36.9 Å². The number of anilines is 2. The van der Waals surface area contributed by atoms with Gasteiger partial charge in [0, 0.05) is 25.1 Å². The van der Waals surface area contributed by atoms with Crippen molar-refractivity contribution in [2.75, 3.05) is 17.2 Å². The first-order chi connectivity index (χ1) is 8.81. The number of nitrogens with one attached hydrogen (secondary N) is 2. The summed E-state index contributed by atoms with van der Waals surface area (Å²) in [6.45, 7) is 2.67. The van der Waals surface area contributed by atoms with Crippen LogP contribution in [-0.2, 0) is 0 Å². The zero-order chi connectivity index (χ0) is 12.8. The van der Waals surface area contributed by atoms with E-state index in [4.69, 9.17) is 0 Å². The summed E-state index contributed by atoms with van der Waals surface area (Å²) in [5.74, 6) is 0.0151. The Morgan fingerprint density at radius 2 is 2.06 bits per heavy atom. The minimum absolute atomic E-state index is 0.264. The second-order valence-electron chi connectivity index (χ2n) is 3.48. The molecular formula is C12H13N5O. The largest absolute Gasteiger partial charge is 0.383 e. The predicted molar refractivity (Wildman–Crippen MR) is 68.4 cm³/mol. The molecule has 0 aromatic carbocycles. The zero-order valence-corrected chi connectivity index (χ0v) is 9.92. The summed E-state index contributed by atoms with van der Waals surface area (Å²) in [7, 11) is 0. The SMILES string of the molecule is CCNc1cnccc1C(=O)Nc1ncccn1. The molecule has 2 N–H and O–H groups in total. The number of pyridine rings is 1. The molecule has 0 aliphatic heterocycles. The van der Waals surface area contributed by atoms with Crippen LogP contribution in [0.3, 0.4) is 0 Å². The molecule has 2 aromatic heterocycles. The number of aromatic nitrogens is 3. The molecule has 0 fully saturated rings. The average Bonchev–Trinajstić information content (AvgIpc) is 2.41. The van der Waals surface area contributed by atoms with Gasteiger partial charge in [0.1, 0.15) is 0 Å². The van der Waals surface area contributed by atoms with E-state index in [-0.39, 0.29) is 11.9 Å². The molecule has 2 heterocycles. The van der Waals surface area contributed by atoms with Crippen LogP contribution < -0.4 is 10.6 Å². The van der Waals surface area contributed by atoms with Crippen molar-refractivity contribution in [1.29, 1.82) is 0 Å². The first-order valence-corrected chi connectivity index (χ1v) is 5.57. The summed E-state index contributed by atoms with van der Waals surface area (Å²) in [5.41, 5.74) is 1.20. The van der Waals surface area contributed by atoms with Gasteiger partial charge in [0.2, 0.25) is 5.95 Å². The van der Waals surface area contributed by atoms with Crippen molar-refractivity contribution in [3.05, 3.63) is 42.5 Å². The van der Waals surface area contributed by atoms with Crippen molar-refractivity contribution in [3.63, 3.8) is 0 Å². The van der Waals surface area contributed by atoms with E-state index in [0.29, 0.717) is 17.8 Å². The van der Waals surface area contributed by atoms with Crippen molar-refractivity contribution in [1.82, 2.24) is 15.0 Å². The molecule has 6 heteroatoms. The molecule has 0 atom stereocenters. The Morgan fingerprint density at radius 1 is 1.28 bits per heavy atom. The molecule has 0 bridgehead atoms. The molecule has 0 unspecified atom stereocenters. The Bertz CT molecular complexity index is 529. The normalized spacial score (nSPS) is 9.83. The van der Waals surface area contributed by atoms with Crippen LogP contribution in [0.1, 0.15) is 17.3 Å². The molecule has 2 aromatic rings. The molecule has 0 saturated heterocycles. The van der Waals surface area contributed by atoms with Gasteiger partial charge >= 0.3 is 0 Å². The first kappa shape index (κ1) is 12.0. The zero-order valence-electron chi connectivity index (χ0n) is 9.92. The van der Waals surface area contributed by atoms with Crippen molar-refractivity contribution >= 4 is 17.5 Å². The third-order valence-corrected chi connectivity index (χ3v) is 2.22. The van der Waals surface area contributed by atoms with Gasteiger partial charge in [-0.05, 0) is 19.1 Å². The summed E-state index contributed by atoms with van der Waals surface area (Å²) < 4.78 is 0. The highest BCUT2D eigenvalue weighted by atomic mass is 16.1. The number of carbonyl (C=O) groups is 1. The maximum Gasteiger partial charge on any atom is 0.260 e. The summed E-state index contributed by atoms with van der Waals surface area (Å²) in [6.07, 6.45) is 6.33. The smallest absolute Gasteiger partial charge is 0.260 e. The van der Waals surface area contributed by atoms with E-state index >= 15 is 0 Å². The van der Waals surface area contributed by atoms with Crippen LogP contribution in [0.2, 0.25) is 0 Å². The Kier molecular flexibility index (Phi) is 3.80. The van der Waals surface area contributed by atoms with Gasteiger partial charge in [-0.25, -0.2) is 9.97 Å². The number of rotatable bonds is 4. The van der Waals surface area contributed by atoms with Gasteiger partial charge in [0.05, 0.1) is 17.4 Å². The Hall–Kier alpha value is -2.50. The molecule has 0 spiro atoms. The van der Waals surface area contributed by atoms with Gasteiger partial charge in [-0.2, -0.15) is 0 Å². The van der Waals surface area contributed by atoms with Gasteiger partial charge in [-0.15, -0.1) is 0 Å². The second kappa shape index (κ2) is 5.72. The lowest BCUT2D eigenvalue weighted by Crippen LogP contribution is -2.16. The van der Waals surface area contributed by atoms with Crippen molar-refractivity contribution < 1.29 is 4.79 Å². The van der Waals surface area contributed by atoms with Crippen LogP contribution in [-0.4, -0.2) is 27.4 Å². The van der Waals surface area contributed by atoms with E-state index in [1.165, 1.54) is 0 Å². The molecule has 0 saturated carbocycles. The molecule has 1 amide bonds. The predicted octanol–water partition coefficient (Wildman–Crippen LogP) is 1.56. The van der Waals surface area contributed by atoms with E-state index in [9.17, 15) is 4.79 Å². The Balaban J connectivity index is 2.19. The lowest BCUT2D eigenvalue weighted by molar-refractivity contribution is 0.102. The van der Waals surface area contributed by atoms with Gasteiger partial charge < -0.3 is 5.32 Å². The summed E-state index contributed by atoms with van der Waals surface area (Å²) in [4.78, 5) is 23.9. The van der Waals surface area contributed by atoms with E-state index in [0.717, 1.165) is 0 Å². The minimum atomic E-state index is -0.264. The fourth-order valence-corrected chi connectivity index (χ4v) is 1.46. The molecule has 2 rings (SSSR count). The van der Waals surface area contributed by atoms with Gasteiger partial charge in [-0.3, -0.25) is 15.1 Å². The van der Waals surface area contributed by atoms with Gasteiger partial charge in [0.25, 0.3) is 5.91 Å². The van der Waals surface area contributed by atoms with Gasteiger partial charge in [0.15, 0.2) is 0 Å². The van der Waals surface area contributed by atoms with Crippen LogP contribution >= 0.6 is 0 Å². The van der Waals surface area contributed by atoms with Crippen molar-refractivity contribution in [2.45, 2.75) is 6.92 Å². The third kappa shape index (κ3) is 2.79. The number of hydrogen-bond donors (Lipinski definition) is 2. The third-order valence-electron chi connectivity index (χ3n) is 2.22. The lowest BCUT2D eigenvalue weighted by Gasteiger charge is -2.09. The van der Waals surface area contributed by atoms with Crippen molar-refractivity contribution in [3.8, 4) is 0 Å². The fraction of sp³-hybridized carbons (Fsp3) is 0.167. The van der Waals surface area contributed by atoms with Crippen LogP contribution in [0, 0.1) is 0 Å². The quantitative estimate of drug-likeness (QED) is 0.851. The Morgan fingerprint density at radius 3 is 2.78 bits per heavy atom. The summed E-state index contributed by atoms with van der Waals surface area (Å²) in [5, 5.41) is 5.71. The molecule has 92 valence electrons. The van der Waals surface area contributed by atoms with Crippen LogP contribution in [0.4, 0.5) is 11.6 Å². The maximum absolute atomic E-state index is 12.1. The highest BCUT2D eigenvalue weighted by molar-refractivity contribution is 6.07. The number of nitrogens with zero attached hydrogens (tertiary/aromatic N) is 3. The van der Waals surface area contributed by atoms with E-state index in [1.54, 1.807) is 36.9 Å². The Labute approximate surface area is 105 Å².